The summed E-state index contributed by atoms with van der Waals surface area (Å²) in [5.74, 6) is 3.12. The summed E-state index contributed by atoms with van der Waals surface area (Å²) >= 11 is 0. The van der Waals surface area contributed by atoms with Gasteiger partial charge in [0.05, 0.1) is 6.54 Å². The van der Waals surface area contributed by atoms with E-state index in [-0.39, 0.29) is 5.56 Å². The SMILES string of the molecule is Cc1cc(N2CC3CN(Cc4nnc5c(=O)n(C)ccn45)CC3C2)ncn1. The second kappa shape index (κ2) is 6.12. The lowest BCUT2D eigenvalue weighted by atomic mass is 10.0. The Hall–Kier alpha value is -2.81. The number of likely N-dealkylation sites (tertiary alicyclic amines) is 1. The summed E-state index contributed by atoms with van der Waals surface area (Å²) in [7, 11) is 1.73. The van der Waals surface area contributed by atoms with E-state index in [4.69, 9.17) is 0 Å². The fourth-order valence-electron chi connectivity index (χ4n) is 4.35. The summed E-state index contributed by atoms with van der Waals surface area (Å²) in [5, 5.41) is 8.34. The molecule has 27 heavy (non-hydrogen) atoms. The van der Waals surface area contributed by atoms with E-state index < -0.39 is 0 Å². The van der Waals surface area contributed by atoms with Crippen LogP contribution in [0.2, 0.25) is 0 Å². The molecule has 140 valence electrons. The summed E-state index contributed by atoms with van der Waals surface area (Å²) in [6.07, 6.45) is 5.26. The molecule has 0 N–H and O–H groups in total. The predicted octanol–water partition coefficient (Wildman–Crippen LogP) is 0.0946. The fourth-order valence-corrected chi connectivity index (χ4v) is 4.35. The average Bonchev–Trinajstić information content (AvgIpc) is 3.32. The highest BCUT2D eigenvalue weighted by Gasteiger charge is 2.40. The van der Waals surface area contributed by atoms with E-state index in [1.807, 2.05) is 17.5 Å². The smallest absolute Gasteiger partial charge is 0.295 e. The van der Waals surface area contributed by atoms with E-state index >= 15 is 0 Å². The molecule has 3 aromatic heterocycles. The van der Waals surface area contributed by atoms with Crippen LogP contribution in [-0.2, 0) is 13.6 Å². The number of hydrogen-bond donors (Lipinski definition) is 0. The molecule has 5 heterocycles. The molecule has 3 aromatic rings. The summed E-state index contributed by atoms with van der Waals surface area (Å²) in [6, 6.07) is 2.06. The number of hydrogen-bond acceptors (Lipinski definition) is 7. The molecule has 0 spiro atoms. The van der Waals surface area contributed by atoms with Crippen LogP contribution in [0.5, 0.6) is 0 Å². The van der Waals surface area contributed by atoms with E-state index in [1.54, 1.807) is 19.6 Å². The molecule has 2 atom stereocenters. The molecule has 2 unspecified atom stereocenters. The zero-order valence-corrected chi connectivity index (χ0v) is 15.5. The topological polar surface area (TPSA) is 84.5 Å². The summed E-state index contributed by atoms with van der Waals surface area (Å²) in [4.78, 5) is 25.6. The Morgan fingerprint density at radius 1 is 1.07 bits per heavy atom. The molecule has 2 saturated heterocycles. The lowest BCUT2D eigenvalue weighted by molar-refractivity contribution is 0.299. The number of fused-ring (bicyclic) bond motifs is 2. The third kappa shape index (κ3) is 2.78. The van der Waals surface area contributed by atoms with Gasteiger partial charge in [-0.1, -0.05) is 0 Å². The Morgan fingerprint density at radius 2 is 1.85 bits per heavy atom. The van der Waals surface area contributed by atoms with Gasteiger partial charge in [0.15, 0.2) is 5.82 Å². The first-order valence-corrected chi connectivity index (χ1v) is 9.23. The predicted molar refractivity (Wildman–Crippen MR) is 99.5 cm³/mol. The molecule has 0 amide bonds. The van der Waals surface area contributed by atoms with Gasteiger partial charge in [-0.05, 0) is 18.8 Å². The minimum atomic E-state index is -0.120. The third-order valence-electron chi connectivity index (χ3n) is 5.76. The van der Waals surface area contributed by atoms with Gasteiger partial charge in [0.2, 0.25) is 5.65 Å². The molecule has 0 radical (unpaired) electrons. The van der Waals surface area contributed by atoms with E-state index in [0.29, 0.717) is 24.0 Å². The van der Waals surface area contributed by atoms with Crippen molar-refractivity contribution < 1.29 is 0 Å². The minimum absolute atomic E-state index is 0.120. The molecule has 0 aromatic carbocycles. The van der Waals surface area contributed by atoms with Gasteiger partial charge in [0, 0.05) is 57.4 Å². The van der Waals surface area contributed by atoms with Crippen LogP contribution < -0.4 is 10.5 Å². The van der Waals surface area contributed by atoms with Gasteiger partial charge in [-0.15, -0.1) is 10.2 Å². The zero-order valence-electron chi connectivity index (χ0n) is 15.5. The minimum Gasteiger partial charge on any atom is -0.356 e. The van der Waals surface area contributed by atoms with E-state index in [9.17, 15) is 4.79 Å². The molecule has 2 aliphatic heterocycles. The van der Waals surface area contributed by atoms with Gasteiger partial charge < -0.3 is 9.47 Å². The molecular weight excluding hydrogens is 344 g/mol. The second-order valence-electron chi connectivity index (χ2n) is 7.66. The monoisotopic (exact) mass is 366 g/mol. The van der Waals surface area contributed by atoms with Crippen molar-refractivity contribution in [2.75, 3.05) is 31.1 Å². The van der Waals surface area contributed by atoms with Crippen molar-refractivity contribution in [2.45, 2.75) is 13.5 Å². The van der Waals surface area contributed by atoms with Crippen LogP contribution in [0.25, 0.3) is 5.65 Å². The highest BCUT2D eigenvalue weighted by Crippen LogP contribution is 2.33. The quantitative estimate of drug-likeness (QED) is 0.650. The van der Waals surface area contributed by atoms with Gasteiger partial charge >= 0.3 is 0 Å². The number of nitrogens with zero attached hydrogens (tertiary/aromatic N) is 8. The van der Waals surface area contributed by atoms with Crippen LogP contribution in [-0.4, -0.2) is 60.2 Å². The van der Waals surface area contributed by atoms with Gasteiger partial charge in [-0.25, -0.2) is 9.97 Å². The molecule has 5 rings (SSSR count). The van der Waals surface area contributed by atoms with Crippen molar-refractivity contribution in [2.24, 2.45) is 18.9 Å². The van der Waals surface area contributed by atoms with Crippen LogP contribution in [0, 0.1) is 18.8 Å². The van der Waals surface area contributed by atoms with Crippen LogP contribution in [0.3, 0.4) is 0 Å². The van der Waals surface area contributed by atoms with Crippen molar-refractivity contribution in [1.82, 2.24) is 34.0 Å². The molecular formula is C18H22N8O. The van der Waals surface area contributed by atoms with Gasteiger partial charge in [-0.3, -0.25) is 14.1 Å². The third-order valence-corrected chi connectivity index (χ3v) is 5.76. The van der Waals surface area contributed by atoms with Crippen LogP contribution in [0.15, 0.2) is 29.6 Å². The van der Waals surface area contributed by atoms with Crippen molar-refractivity contribution in [1.29, 1.82) is 0 Å². The van der Waals surface area contributed by atoms with Gasteiger partial charge in [-0.2, -0.15) is 0 Å². The normalized spacial score (nSPS) is 22.7. The molecule has 0 bridgehead atoms. The first-order valence-electron chi connectivity index (χ1n) is 9.23. The van der Waals surface area contributed by atoms with Crippen LogP contribution in [0.1, 0.15) is 11.5 Å². The summed E-state index contributed by atoms with van der Waals surface area (Å²) in [6.45, 7) is 6.83. The van der Waals surface area contributed by atoms with E-state index in [0.717, 1.165) is 43.5 Å². The maximum atomic E-state index is 12.1. The summed E-state index contributed by atoms with van der Waals surface area (Å²) in [5.41, 5.74) is 1.27. The Bertz CT molecular complexity index is 1040. The van der Waals surface area contributed by atoms with Crippen molar-refractivity contribution in [3.63, 3.8) is 0 Å². The first kappa shape index (κ1) is 16.4. The highest BCUT2D eigenvalue weighted by molar-refractivity contribution is 5.41. The molecule has 9 heteroatoms. The molecule has 9 nitrogen and oxygen atoms in total. The number of aromatic nitrogens is 6. The Morgan fingerprint density at radius 3 is 2.59 bits per heavy atom. The van der Waals surface area contributed by atoms with Crippen molar-refractivity contribution in [3.8, 4) is 0 Å². The number of rotatable bonds is 3. The molecule has 0 aliphatic carbocycles. The average molecular weight is 366 g/mol. The maximum absolute atomic E-state index is 12.1. The molecule has 2 fully saturated rings. The fraction of sp³-hybridized carbons (Fsp3) is 0.500. The Kier molecular flexibility index (Phi) is 3.71. The highest BCUT2D eigenvalue weighted by atomic mass is 16.1. The van der Waals surface area contributed by atoms with Crippen molar-refractivity contribution >= 4 is 11.5 Å². The van der Waals surface area contributed by atoms with E-state index in [2.05, 4.69) is 36.0 Å². The zero-order chi connectivity index (χ0) is 18.5. The Balaban J connectivity index is 1.28. The summed E-state index contributed by atoms with van der Waals surface area (Å²) < 4.78 is 3.34. The van der Waals surface area contributed by atoms with Gasteiger partial charge in [0.25, 0.3) is 5.56 Å². The van der Waals surface area contributed by atoms with Crippen molar-refractivity contribution in [3.05, 3.63) is 46.7 Å². The maximum Gasteiger partial charge on any atom is 0.295 e. The second-order valence-corrected chi connectivity index (χ2v) is 7.66. The van der Waals surface area contributed by atoms with Gasteiger partial charge in [0.1, 0.15) is 12.1 Å². The lowest BCUT2D eigenvalue weighted by Gasteiger charge is -2.21. The number of aryl methyl sites for hydroxylation is 2. The number of anilines is 1. The molecule has 2 aliphatic rings. The largest absolute Gasteiger partial charge is 0.356 e. The first-order chi connectivity index (χ1) is 13.1. The lowest BCUT2D eigenvalue weighted by Crippen LogP contribution is -2.29. The van der Waals surface area contributed by atoms with E-state index in [1.165, 1.54) is 4.57 Å². The van der Waals surface area contributed by atoms with Crippen LogP contribution in [0.4, 0.5) is 5.82 Å². The molecule has 0 saturated carbocycles. The van der Waals surface area contributed by atoms with Crippen LogP contribution >= 0.6 is 0 Å². The Labute approximate surface area is 156 Å². The standard InChI is InChI=1S/C18H22N8O/c1-12-5-15(20-11-19-12)25-8-13-6-24(7-14(13)9-25)10-16-21-22-17-18(27)23(2)3-4-26(16)17/h3-5,11,13-14H,6-10H2,1-2H3.